The summed E-state index contributed by atoms with van der Waals surface area (Å²) in [6.45, 7) is 5.50. The topological polar surface area (TPSA) is 68.1 Å². The average Bonchev–Trinajstić information content (AvgIpc) is 3.13. The lowest BCUT2D eigenvalue weighted by atomic mass is 10.0. The van der Waals surface area contributed by atoms with Gasteiger partial charge in [-0.25, -0.2) is 9.67 Å². The number of piperidine rings is 1. The highest BCUT2D eigenvalue weighted by Crippen LogP contribution is 2.29. The van der Waals surface area contributed by atoms with E-state index in [-0.39, 0.29) is 18.0 Å². The second kappa shape index (κ2) is 7.23. The van der Waals surface area contributed by atoms with Gasteiger partial charge in [0, 0.05) is 18.7 Å². The molecule has 7 heteroatoms. The number of thiazole rings is 1. The van der Waals surface area contributed by atoms with Gasteiger partial charge in [0.1, 0.15) is 11.6 Å². The average molecular weight is 382 g/mol. The number of hydrogen-bond acceptors (Lipinski definition) is 5. The molecule has 0 unspecified atom stereocenters. The Morgan fingerprint density at radius 2 is 2.07 bits per heavy atom. The van der Waals surface area contributed by atoms with Crippen LogP contribution in [-0.4, -0.2) is 38.7 Å². The summed E-state index contributed by atoms with van der Waals surface area (Å²) in [5.41, 5.74) is 1.80. The molecular weight excluding hydrogens is 360 g/mol. The molecule has 3 aromatic rings. The van der Waals surface area contributed by atoms with Crippen LogP contribution in [0.3, 0.4) is 0 Å². The first-order chi connectivity index (χ1) is 13.0. The van der Waals surface area contributed by atoms with Crippen molar-refractivity contribution in [3.8, 4) is 10.6 Å². The van der Waals surface area contributed by atoms with Gasteiger partial charge in [0.2, 0.25) is 5.91 Å². The number of carbonyl (C=O) groups excluding carboxylic acids is 1. The van der Waals surface area contributed by atoms with E-state index >= 15 is 0 Å². The molecule has 2 aromatic heterocycles. The zero-order valence-electron chi connectivity index (χ0n) is 15.5. The summed E-state index contributed by atoms with van der Waals surface area (Å²) in [6, 6.07) is 9.79. The maximum Gasteiger partial charge on any atom is 0.294 e. The number of rotatable bonds is 3. The normalized spacial score (nSPS) is 17.4. The Morgan fingerprint density at radius 3 is 2.81 bits per heavy atom. The van der Waals surface area contributed by atoms with Crippen molar-refractivity contribution in [1.29, 1.82) is 0 Å². The molecule has 3 heterocycles. The van der Waals surface area contributed by atoms with Gasteiger partial charge in [0.05, 0.1) is 10.4 Å². The Hall–Kier alpha value is -2.54. The van der Waals surface area contributed by atoms with Gasteiger partial charge in [-0.05, 0) is 25.7 Å². The minimum atomic E-state index is -0.299. The van der Waals surface area contributed by atoms with Crippen LogP contribution < -0.4 is 5.56 Å². The molecule has 0 aliphatic carbocycles. The maximum absolute atomic E-state index is 12.9. The fourth-order valence-electron chi connectivity index (χ4n) is 3.56. The number of hydrogen-bond donors (Lipinski definition) is 0. The van der Waals surface area contributed by atoms with Crippen LogP contribution in [0.5, 0.6) is 0 Å². The number of aryl methyl sites for hydroxylation is 1. The number of fused-ring (bicyclic) bond motifs is 1. The van der Waals surface area contributed by atoms with Crippen LogP contribution in [0.4, 0.5) is 0 Å². The molecule has 1 fully saturated rings. The van der Waals surface area contributed by atoms with Gasteiger partial charge in [-0.2, -0.15) is 5.10 Å². The highest BCUT2D eigenvalue weighted by Gasteiger charge is 2.23. The van der Waals surface area contributed by atoms with Gasteiger partial charge >= 0.3 is 0 Å². The molecule has 4 rings (SSSR count). The molecule has 1 saturated heterocycles. The first-order valence-electron chi connectivity index (χ1n) is 9.24. The number of carbonyl (C=O) groups is 1. The summed E-state index contributed by atoms with van der Waals surface area (Å²) < 4.78 is 2.06. The van der Waals surface area contributed by atoms with Crippen LogP contribution >= 0.6 is 11.3 Å². The van der Waals surface area contributed by atoms with Crippen molar-refractivity contribution in [2.24, 2.45) is 5.92 Å². The molecule has 0 spiro atoms. The van der Waals surface area contributed by atoms with Gasteiger partial charge in [0.15, 0.2) is 5.52 Å². The lowest BCUT2D eigenvalue weighted by Gasteiger charge is -2.30. The van der Waals surface area contributed by atoms with Crippen molar-refractivity contribution in [3.63, 3.8) is 0 Å². The van der Waals surface area contributed by atoms with E-state index in [2.05, 4.69) is 17.0 Å². The quantitative estimate of drug-likeness (QED) is 0.698. The van der Waals surface area contributed by atoms with Crippen LogP contribution in [0.25, 0.3) is 20.8 Å². The summed E-state index contributed by atoms with van der Waals surface area (Å²) in [6.07, 6.45) is 2.16. The highest BCUT2D eigenvalue weighted by molar-refractivity contribution is 7.21. The molecule has 6 nitrogen and oxygen atoms in total. The van der Waals surface area contributed by atoms with Crippen LogP contribution in [0.1, 0.15) is 25.5 Å². The second-order valence-corrected chi connectivity index (χ2v) is 8.20. The fraction of sp³-hybridized carbons (Fsp3) is 0.400. The zero-order chi connectivity index (χ0) is 19.0. The number of amides is 1. The SMILES string of the molecule is Cc1nn(CC(=O)N2CCC[C@@H](C)C2)c(=O)c2nc(-c3ccccc3)sc12. The van der Waals surface area contributed by atoms with E-state index in [9.17, 15) is 9.59 Å². The Kier molecular flexibility index (Phi) is 4.78. The molecule has 0 saturated carbocycles. The molecule has 1 aliphatic rings. The predicted molar refractivity (Wildman–Crippen MR) is 107 cm³/mol. The standard InChI is InChI=1S/C20H22N4O2S/c1-13-7-6-10-23(11-13)16(25)12-24-20(26)17-18(14(2)22-24)27-19(21-17)15-8-4-3-5-9-15/h3-5,8-9,13H,6-7,10-12H2,1-2H3/t13-/m1/s1. The largest absolute Gasteiger partial charge is 0.341 e. The van der Waals surface area contributed by atoms with Crippen molar-refractivity contribution in [2.45, 2.75) is 33.2 Å². The van der Waals surface area contributed by atoms with Crippen LogP contribution in [0.15, 0.2) is 35.1 Å². The van der Waals surface area contributed by atoms with Gasteiger partial charge < -0.3 is 4.90 Å². The van der Waals surface area contributed by atoms with E-state index < -0.39 is 0 Å². The van der Waals surface area contributed by atoms with Gasteiger partial charge in [-0.15, -0.1) is 11.3 Å². The monoisotopic (exact) mass is 382 g/mol. The number of nitrogens with zero attached hydrogens (tertiary/aromatic N) is 4. The smallest absolute Gasteiger partial charge is 0.294 e. The maximum atomic E-state index is 12.9. The molecule has 0 N–H and O–H groups in total. The van der Waals surface area contributed by atoms with E-state index in [1.807, 2.05) is 42.2 Å². The molecule has 1 amide bonds. The number of likely N-dealkylation sites (tertiary alicyclic amines) is 1. The predicted octanol–water partition coefficient (Wildman–Crippen LogP) is 3.09. The Morgan fingerprint density at radius 1 is 1.30 bits per heavy atom. The summed E-state index contributed by atoms with van der Waals surface area (Å²) in [5.74, 6) is 0.456. The summed E-state index contributed by atoms with van der Waals surface area (Å²) >= 11 is 1.46. The summed E-state index contributed by atoms with van der Waals surface area (Å²) in [4.78, 5) is 31.9. The second-order valence-electron chi connectivity index (χ2n) is 7.20. The third-order valence-electron chi connectivity index (χ3n) is 4.98. The minimum Gasteiger partial charge on any atom is -0.341 e. The highest BCUT2D eigenvalue weighted by atomic mass is 32.1. The summed E-state index contributed by atoms with van der Waals surface area (Å²) in [7, 11) is 0. The molecule has 27 heavy (non-hydrogen) atoms. The number of aromatic nitrogens is 3. The first kappa shape index (κ1) is 17.9. The molecule has 1 aromatic carbocycles. The molecular formula is C20H22N4O2S. The van der Waals surface area contributed by atoms with E-state index in [0.717, 1.165) is 46.9 Å². The molecule has 0 bridgehead atoms. The third kappa shape index (κ3) is 3.51. The van der Waals surface area contributed by atoms with Gasteiger partial charge in [-0.3, -0.25) is 9.59 Å². The Balaban J connectivity index is 1.67. The number of benzene rings is 1. The lowest BCUT2D eigenvalue weighted by Crippen LogP contribution is -2.42. The minimum absolute atomic E-state index is 0.0273. The van der Waals surface area contributed by atoms with E-state index in [4.69, 9.17) is 0 Å². The lowest BCUT2D eigenvalue weighted by molar-refractivity contribution is -0.133. The van der Waals surface area contributed by atoms with Crippen molar-refractivity contribution in [3.05, 3.63) is 46.4 Å². The van der Waals surface area contributed by atoms with Gasteiger partial charge in [-0.1, -0.05) is 37.3 Å². The van der Waals surface area contributed by atoms with Gasteiger partial charge in [0.25, 0.3) is 5.56 Å². The van der Waals surface area contributed by atoms with Crippen LogP contribution in [0.2, 0.25) is 0 Å². The van der Waals surface area contributed by atoms with Crippen LogP contribution in [0, 0.1) is 12.8 Å². The zero-order valence-corrected chi connectivity index (χ0v) is 16.3. The third-order valence-corrected chi connectivity index (χ3v) is 6.19. The fourth-order valence-corrected chi connectivity index (χ4v) is 4.56. The van der Waals surface area contributed by atoms with Crippen molar-refractivity contribution < 1.29 is 4.79 Å². The van der Waals surface area contributed by atoms with Crippen molar-refractivity contribution in [1.82, 2.24) is 19.7 Å². The molecule has 1 aliphatic heterocycles. The summed E-state index contributed by atoms with van der Waals surface area (Å²) in [5, 5.41) is 5.18. The molecule has 140 valence electrons. The van der Waals surface area contributed by atoms with E-state index in [1.54, 1.807) is 0 Å². The Bertz CT molecular complexity index is 1040. The molecule has 1 atom stereocenters. The van der Waals surface area contributed by atoms with E-state index in [0.29, 0.717) is 11.4 Å². The van der Waals surface area contributed by atoms with E-state index in [1.165, 1.54) is 16.0 Å². The van der Waals surface area contributed by atoms with Crippen LogP contribution in [-0.2, 0) is 11.3 Å². The first-order valence-corrected chi connectivity index (χ1v) is 10.1. The molecule has 0 radical (unpaired) electrons. The Labute approximate surface area is 161 Å². The van der Waals surface area contributed by atoms with Crippen molar-refractivity contribution >= 4 is 27.5 Å². The van der Waals surface area contributed by atoms with Crippen molar-refractivity contribution in [2.75, 3.05) is 13.1 Å².